The molecule has 2 atom stereocenters. The van der Waals surface area contributed by atoms with E-state index in [9.17, 15) is 4.79 Å². The van der Waals surface area contributed by atoms with Crippen LogP contribution in [0.3, 0.4) is 0 Å². The minimum Gasteiger partial charge on any atom is -0.354 e. The van der Waals surface area contributed by atoms with Crippen molar-refractivity contribution in [1.82, 2.24) is 15.3 Å². The van der Waals surface area contributed by atoms with E-state index >= 15 is 0 Å². The maximum atomic E-state index is 11.7. The number of nitrogens with one attached hydrogen (secondary N) is 1. The second kappa shape index (κ2) is 4.26. The van der Waals surface area contributed by atoms with Crippen molar-refractivity contribution in [2.75, 3.05) is 18.0 Å². The molecule has 3 rings (SSSR count). The van der Waals surface area contributed by atoms with E-state index in [0.717, 1.165) is 19.4 Å². The van der Waals surface area contributed by atoms with Gasteiger partial charge in [0.05, 0.1) is 12.0 Å². The van der Waals surface area contributed by atoms with Crippen LogP contribution in [-0.2, 0) is 4.79 Å². The number of fused-ring (bicyclic) bond motifs is 1. The zero-order valence-corrected chi connectivity index (χ0v) is 9.83. The molecule has 2 saturated heterocycles. The Bertz CT molecular complexity index is 523. The summed E-state index contributed by atoms with van der Waals surface area (Å²) in [5.74, 6) is 0.717. The van der Waals surface area contributed by atoms with Crippen LogP contribution < -0.4 is 10.2 Å². The number of nitriles is 1. The molecule has 0 bridgehead atoms. The maximum absolute atomic E-state index is 11.7. The lowest BCUT2D eigenvalue weighted by molar-refractivity contribution is -0.123. The van der Waals surface area contributed by atoms with Gasteiger partial charge in [-0.15, -0.1) is 0 Å². The van der Waals surface area contributed by atoms with Gasteiger partial charge in [-0.3, -0.25) is 4.79 Å². The number of aromatic nitrogens is 2. The predicted molar refractivity (Wildman–Crippen MR) is 63.6 cm³/mol. The van der Waals surface area contributed by atoms with E-state index in [2.05, 4.69) is 15.3 Å². The van der Waals surface area contributed by atoms with Gasteiger partial charge in [-0.1, -0.05) is 0 Å². The van der Waals surface area contributed by atoms with Crippen LogP contribution in [0.15, 0.2) is 12.3 Å². The minimum atomic E-state index is 0.0353. The summed E-state index contributed by atoms with van der Waals surface area (Å²) in [6.07, 6.45) is 3.47. The molecular weight excluding hydrogens is 230 g/mol. The summed E-state index contributed by atoms with van der Waals surface area (Å²) in [5.41, 5.74) is 0.361. The van der Waals surface area contributed by atoms with Crippen molar-refractivity contribution in [3.63, 3.8) is 0 Å². The van der Waals surface area contributed by atoms with Gasteiger partial charge in [0.2, 0.25) is 11.9 Å². The molecule has 1 N–H and O–H groups in total. The standard InChI is InChI=1S/C12H13N5O/c13-6-8-3-4-14-12(16-8)17-5-1-2-9-10(17)7-15-11(9)18/h3-4,9-10H,1-2,5,7H2,(H,15,18). The molecule has 2 aliphatic heterocycles. The van der Waals surface area contributed by atoms with Crippen LogP contribution in [0.2, 0.25) is 0 Å². The van der Waals surface area contributed by atoms with Crippen molar-refractivity contribution in [3.05, 3.63) is 18.0 Å². The molecule has 6 heteroatoms. The van der Waals surface area contributed by atoms with Gasteiger partial charge < -0.3 is 10.2 Å². The summed E-state index contributed by atoms with van der Waals surface area (Å²) in [5, 5.41) is 11.8. The van der Waals surface area contributed by atoms with E-state index in [-0.39, 0.29) is 17.9 Å². The lowest BCUT2D eigenvalue weighted by Crippen LogP contribution is -2.46. The quantitative estimate of drug-likeness (QED) is 0.754. The van der Waals surface area contributed by atoms with Crippen molar-refractivity contribution >= 4 is 11.9 Å². The largest absolute Gasteiger partial charge is 0.354 e. The number of piperidine rings is 1. The van der Waals surface area contributed by atoms with Gasteiger partial charge in [-0.25, -0.2) is 9.97 Å². The van der Waals surface area contributed by atoms with Crippen LogP contribution in [0.4, 0.5) is 5.95 Å². The van der Waals surface area contributed by atoms with Crippen LogP contribution in [0.1, 0.15) is 18.5 Å². The average Bonchev–Trinajstić information content (AvgIpc) is 2.81. The van der Waals surface area contributed by atoms with E-state index < -0.39 is 0 Å². The number of hydrogen-bond acceptors (Lipinski definition) is 5. The zero-order chi connectivity index (χ0) is 12.5. The topological polar surface area (TPSA) is 81.9 Å². The highest BCUT2D eigenvalue weighted by molar-refractivity contribution is 5.82. The summed E-state index contributed by atoms with van der Waals surface area (Å²) in [6.45, 7) is 1.48. The lowest BCUT2D eigenvalue weighted by Gasteiger charge is -2.35. The number of anilines is 1. The fourth-order valence-corrected chi connectivity index (χ4v) is 2.75. The molecule has 0 spiro atoms. The van der Waals surface area contributed by atoms with Crippen LogP contribution >= 0.6 is 0 Å². The summed E-state index contributed by atoms with van der Waals surface area (Å²) in [6, 6.07) is 3.73. The highest BCUT2D eigenvalue weighted by Crippen LogP contribution is 2.29. The molecule has 2 unspecified atom stereocenters. The Hall–Kier alpha value is -2.16. The average molecular weight is 243 g/mol. The molecule has 2 fully saturated rings. The minimum absolute atomic E-state index is 0.0353. The van der Waals surface area contributed by atoms with Crippen molar-refractivity contribution in [2.24, 2.45) is 5.92 Å². The third-order valence-corrected chi connectivity index (χ3v) is 3.62. The lowest BCUT2D eigenvalue weighted by atomic mass is 9.92. The van der Waals surface area contributed by atoms with Gasteiger partial charge in [0.15, 0.2) is 0 Å². The Morgan fingerprint density at radius 2 is 2.44 bits per heavy atom. The molecule has 1 aromatic rings. The fourth-order valence-electron chi connectivity index (χ4n) is 2.75. The maximum Gasteiger partial charge on any atom is 0.226 e. The van der Waals surface area contributed by atoms with E-state index in [4.69, 9.17) is 5.26 Å². The first-order valence-corrected chi connectivity index (χ1v) is 6.07. The second-order valence-electron chi connectivity index (χ2n) is 4.61. The van der Waals surface area contributed by atoms with Crippen LogP contribution in [0, 0.1) is 17.2 Å². The molecule has 1 amide bonds. The number of carbonyl (C=O) groups excluding carboxylic acids is 1. The number of hydrogen-bond donors (Lipinski definition) is 1. The van der Waals surface area contributed by atoms with Crippen molar-refractivity contribution in [2.45, 2.75) is 18.9 Å². The summed E-state index contributed by atoms with van der Waals surface area (Å²) < 4.78 is 0. The second-order valence-corrected chi connectivity index (χ2v) is 4.61. The number of nitrogens with zero attached hydrogens (tertiary/aromatic N) is 4. The van der Waals surface area contributed by atoms with Crippen molar-refractivity contribution in [1.29, 1.82) is 5.26 Å². The van der Waals surface area contributed by atoms with Gasteiger partial charge in [-0.05, 0) is 18.9 Å². The number of carbonyl (C=O) groups is 1. The highest BCUT2D eigenvalue weighted by atomic mass is 16.2. The Kier molecular flexibility index (Phi) is 2.59. The molecule has 6 nitrogen and oxygen atoms in total. The number of rotatable bonds is 1. The Morgan fingerprint density at radius 3 is 3.28 bits per heavy atom. The third kappa shape index (κ3) is 1.68. The van der Waals surface area contributed by atoms with Crippen LogP contribution in [-0.4, -0.2) is 35.0 Å². The molecule has 3 heterocycles. The number of amides is 1. The molecule has 0 aromatic carbocycles. The monoisotopic (exact) mass is 243 g/mol. The summed E-state index contributed by atoms with van der Waals surface area (Å²) >= 11 is 0. The van der Waals surface area contributed by atoms with Gasteiger partial charge in [-0.2, -0.15) is 5.26 Å². The van der Waals surface area contributed by atoms with Gasteiger partial charge in [0.25, 0.3) is 0 Å². The van der Waals surface area contributed by atoms with Gasteiger partial charge >= 0.3 is 0 Å². The van der Waals surface area contributed by atoms with Crippen LogP contribution in [0.5, 0.6) is 0 Å². The van der Waals surface area contributed by atoms with Gasteiger partial charge in [0.1, 0.15) is 11.8 Å². The highest BCUT2D eigenvalue weighted by Gasteiger charge is 2.41. The van der Waals surface area contributed by atoms with E-state index in [1.807, 2.05) is 11.0 Å². The van der Waals surface area contributed by atoms with E-state index in [1.165, 1.54) is 0 Å². The fraction of sp³-hybridized carbons (Fsp3) is 0.500. The Morgan fingerprint density at radius 1 is 1.56 bits per heavy atom. The molecule has 92 valence electrons. The first-order chi connectivity index (χ1) is 8.79. The van der Waals surface area contributed by atoms with E-state index in [1.54, 1.807) is 12.3 Å². The summed E-state index contributed by atoms with van der Waals surface area (Å²) in [4.78, 5) is 22.2. The van der Waals surface area contributed by atoms with Gasteiger partial charge in [0, 0.05) is 19.3 Å². The Labute approximate surface area is 105 Å². The smallest absolute Gasteiger partial charge is 0.226 e. The molecular formula is C12H13N5O. The predicted octanol–water partition coefficient (Wildman–Crippen LogP) is 0.0631. The SMILES string of the molecule is N#Cc1ccnc(N2CCCC3C(=O)NCC32)n1. The molecule has 18 heavy (non-hydrogen) atoms. The Balaban J connectivity index is 1.91. The first kappa shape index (κ1) is 11.0. The van der Waals surface area contributed by atoms with E-state index in [0.29, 0.717) is 18.2 Å². The molecule has 0 radical (unpaired) electrons. The third-order valence-electron chi connectivity index (χ3n) is 3.62. The summed E-state index contributed by atoms with van der Waals surface area (Å²) in [7, 11) is 0. The zero-order valence-electron chi connectivity index (χ0n) is 9.83. The molecule has 1 aromatic heterocycles. The van der Waals surface area contributed by atoms with Crippen molar-refractivity contribution in [3.8, 4) is 6.07 Å². The van der Waals surface area contributed by atoms with Crippen molar-refractivity contribution < 1.29 is 4.79 Å². The van der Waals surface area contributed by atoms with Crippen LogP contribution in [0.25, 0.3) is 0 Å². The molecule has 2 aliphatic rings. The normalized spacial score (nSPS) is 26.4. The molecule has 0 aliphatic carbocycles. The first-order valence-electron chi connectivity index (χ1n) is 6.07. The molecule has 0 saturated carbocycles.